The van der Waals surface area contributed by atoms with Crippen LogP contribution in [0.1, 0.15) is 6.42 Å². The lowest BCUT2D eigenvalue weighted by Crippen LogP contribution is -2.52. The highest BCUT2D eigenvalue weighted by atomic mass is 16.5. The van der Waals surface area contributed by atoms with E-state index in [1.54, 1.807) is 0 Å². The molecule has 0 radical (unpaired) electrons. The lowest BCUT2D eigenvalue weighted by Gasteiger charge is -2.00. The van der Waals surface area contributed by atoms with E-state index in [0.29, 0.717) is 13.2 Å². The van der Waals surface area contributed by atoms with E-state index < -0.39 is 0 Å². The molecule has 0 unspecified atom stereocenters. The van der Waals surface area contributed by atoms with Crippen molar-refractivity contribution in [2.24, 2.45) is 0 Å². The Labute approximate surface area is 62.5 Å². The fourth-order valence-electron chi connectivity index (χ4n) is 0.526. The van der Waals surface area contributed by atoms with Crippen molar-refractivity contribution >= 4 is 0 Å². The number of hydrogen-bond donors (Lipinski definition) is 1. The largest absolute Gasteiger partial charge is 0.375 e. The SMILES string of the molecule is [CH2+]CCOCCOCC[NH3+]. The highest BCUT2D eigenvalue weighted by molar-refractivity contribution is 4.36. The summed E-state index contributed by atoms with van der Waals surface area (Å²) in [6, 6.07) is 0. The van der Waals surface area contributed by atoms with Crippen molar-refractivity contribution in [3.05, 3.63) is 6.92 Å². The van der Waals surface area contributed by atoms with E-state index in [1.807, 2.05) is 0 Å². The summed E-state index contributed by atoms with van der Waals surface area (Å²) in [6.07, 6.45) is 0.829. The Balaban J connectivity index is 2.65. The zero-order chi connectivity index (χ0) is 7.66. The predicted molar refractivity (Wildman–Crippen MR) is 39.4 cm³/mol. The number of ether oxygens (including phenoxy) is 2. The summed E-state index contributed by atoms with van der Waals surface area (Å²) in [5.41, 5.74) is 3.64. The van der Waals surface area contributed by atoms with E-state index in [9.17, 15) is 0 Å². The maximum absolute atomic E-state index is 5.12. The van der Waals surface area contributed by atoms with Gasteiger partial charge < -0.3 is 15.2 Å². The second kappa shape index (κ2) is 8.75. The van der Waals surface area contributed by atoms with Gasteiger partial charge in [-0.25, -0.2) is 0 Å². The quantitative estimate of drug-likeness (QED) is 0.389. The van der Waals surface area contributed by atoms with Crippen molar-refractivity contribution in [2.45, 2.75) is 6.42 Å². The summed E-state index contributed by atoms with van der Waals surface area (Å²) < 4.78 is 10.2. The highest BCUT2D eigenvalue weighted by Gasteiger charge is 1.88. The van der Waals surface area contributed by atoms with Crippen LogP contribution in [-0.2, 0) is 9.47 Å². The van der Waals surface area contributed by atoms with E-state index in [2.05, 4.69) is 12.7 Å². The molecule has 0 rings (SSSR count). The molecule has 10 heavy (non-hydrogen) atoms. The van der Waals surface area contributed by atoms with Gasteiger partial charge in [0.25, 0.3) is 0 Å². The third-order valence-electron chi connectivity index (χ3n) is 0.949. The van der Waals surface area contributed by atoms with E-state index in [-0.39, 0.29) is 0 Å². The van der Waals surface area contributed by atoms with Crippen LogP contribution < -0.4 is 5.73 Å². The third kappa shape index (κ3) is 7.75. The summed E-state index contributed by atoms with van der Waals surface area (Å²) in [4.78, 5) is 0. The van der Waals surface area contributed by atoms with Gasteiger partial charge in [0.15, 0.2) is 0 Å². The average molecular weight is 147 g/mol. The maximum atomic E-state index is 5.12. The van der Waals surface area contributed by atoms with Gasteiger partial charge in [-0.2, -0.15) is 0 Å². The van der Waals surface area contributed by atoms with Crippen molar-refractivity contribution in [3.63, 3.8) is 0 Å². The minimum Gasteiger partial charge on any atom is -0.375 e. The Bertz CT molecular complexity index is 51.6. The second-order valence-corrected chi connectivity index (χ2v) is 1.93. The van der Waals surface area contributed by atoms with Crippen molar-refractivity contribution in [3.8, 4) is 0 Å². The first-order chi connectivity index (χ1) is 4.91. The van der Waals surface area contributed by atoms with Gasteiger partial charge in [0, 0.05) is 0 Å². The molecular weight excluding hydrogens is 130 g/mol. The van der Waals surface area contributed by atoms with Crippen LogP contribution in [0.3, 0.4) is 0 Å². The smallest absolute Gasteiger partial charge is 0.108 e. The summed E-state index contributed by atoms with van der Waals surface area (Å²) in [5.74, 6) is 0. The minimum absolute atomic E-state index is 0.676. The van der Waals surface area contributed by atoms with Gasteiger partial charge in [0.05, 0.1) is 39.9 Å². The first kappa shape index (κ1) is 9.75. The Morgan fingerprint density at radius 3 is 2.10 bits per heavy atom. The summed E-state index contributed by atoms with van der Waals surface area (Å²) >= 11 is 0. The number of hydrogen-bond acceptors (Lipinski definition) is 2. The predicted octanol–water partition coefficient (Wildman–Crippen LogP) is -0.514. The van der Waals surface area contributed by atoms with Gasteiger partial charge in [0.1, 0.15) is 6.42 Å². The number of rotatable bonds is 7. The Morgan fingerprint density at radius 2 is 1.60 bits per heavy atom. The van der Waals surface area contributed by atoms with Crippen molar-refractivity contribution < 1.29 is 15.2 Å². The molecule has 0 aliphatic rings. The molecule has 0 fully saturated rings. The fourth-order valence-corrected chi connectivity index (χ4v) is 0.526. The molecule has 0 aliphatic heterocycles. The van der Waals surface area contributed by atoms with Gasteiger partial charge >= 0.3 is 0 Å². The first-order valence-corrected chi connectivity index (χ1v) is 3.65. The van der Waals surface area contributed by atoms with Gasteiger partial charge in [-0.3, -0.25) is 0 Å². The van der Waals surface area contributed by atoms with E-state index in [0.717, 1.165) is 26.2 Å². The summed E-state index contributed by atoms with van der Waals surface area (Å²) in [6.45, 7) is 7.28. The lowest BCUT2D eigenvalue weighted by atomic mass is 10.5. The topological polar surface area (TPSA) is 46.1 Å². The molecule has 0 bridgehead atoms. The Hall–Kier alpha value is -0.250. The van der Waals surface area contributed by atoms with E-state index in [1.165, 1.54) is 0 Å². The van der Waals surface area contributed by atoms with Gasteiger partial charge in [0.2, 0.25) is 0 Å². The lowest BCUT2D eigenvalue weighted by molar-refractivity contribution is -0.374. The normalized spacial score (nSPS) is 10.1. The van der Waals surface area contributed by atoms with Crippen LogP contribution in [0.25, 0.3) is 0 Å². The molecule has 0 aromatic carbocycles. The highest BCUT2D eigenvalue weighted by Crippen LogP contribution is 1.80. The van der Waals surface area contributed by atoms with Gasteiger partial charge in [-0.1, -0.05) is 0 Å². The standard InChI is InChI=1S/C7H16NO2/c1-2-4-9-6-7-10-5-3-8/h1-8H2/q+1/p+1. The molecule has 0 atom stereocenters. The van der Waals surface area contributed by atoms with Crippen LogP contribution in [-0.4, -0.2) is 33.0 Å². The minimum atomic E-state index is 0.676. The fraction of sp³-hybridized carbons (Fsp3) is 0.857. The molecule has 3 N–H and O–H groups in total. The average Bonchev–Trinajstić information content (AvgIpc) is 1.97. The maximum Gasteiger partial charge on any atom is 0.108 e. The monoisotopic (exact) mass is 147 g/mol. The zero-order valence-electron chi connectivity index (χ0n) is 6.47. The molecule has 60 valence electrons. The summed E-state index contributed by atoms with van der Waals surface area (Å²) in [7, 11) is 0. The van der Waals surface area contributed by atoms with Crippen molar-refractivity contribution in [1.29, 1.82) is 0 Å². The molecule has 0 saturated carbocycles. The molecule has 3 nitrogen and oxygen atoms in total. The van der Waals surface area contributed by atoms with E-state index >= 15 is 0 Å². The number of quaternary nitrogens is 1. The zero-order valence-corrected chi connectivity index (χ0v) is 6.47. The molecule has 0 amide bonds. The Morgan fingerprint density at radius 1 is 1.00 bits per heavy atom. The molecule has 0 saturated heterocycles. The van der Waals surface area contributed by atoms with Crippen molar-refractivity contribution in [2.75, 3.05) is 33.0 Å². The van der Waals surface area contributed by atoms with Crippen LogP contribution in [0.15, 0.2) is 0 Å². The van der Waals surface area contributed by atoms with Crippen molar-refractivity contribution in [1.82, 2.24) is 0 Å². The molecule has 0 spiro atoms. The molecule has 0 aromatic rings. The molecule has 0 heterocycles. The first-order valence-electron chi connectivity index (χ1n) is 3.65. The molecule has 0 aromatic heterocycles. The van der Waals surface area contributed by atoms with Crippen LogP contribution >= 0.6 is 0 Å². The Kier molecular flexibility index (Phi) is 8.53. The molecule has 3 heteroatoms. The molecule has 0 aliphatic carbocycles. The molecular formula is C7H17NO2+2. The van der Waals surface area contributed by atoms with E-state index in [4.69, 9.17) is 9.47 Å². The second-order valence-electron chi connectivity index (χ2n) is 1.93. The van der Waals surface area contributed by atoms with Gasteiger partial charge in [-0.15, -0.1) is 0 Å². The van der Waals surface area contributed by atoms with Crippen LogP contribution in [0.5, 0.6) is 0 Å². The summed E-state index contributed by atoms with van der Waals surface area (Å²) in [5, 5.41) is 0. The van der Waals surface area contributed by atoms with Crippen LogP contribution in [0, 0.1) is 6.92 Å². The van der Waals surface area contributed by atoms with Crippen LogP contribution in [0.4, 0.5) is 0 Å². The van der Waals surface area contributed by atoms with Crippen LogP contribution in [0.2, 0.25) is 0 Å². The van der Waals surface area contributed by atoms with Gasteiger partial charge in [-0.05, 0) is 0 Å². The third-order valence-corrected chi connectivity index (χ3v) is 0.949.